The van der Waals surface area contributed by atoms with E-state index in [9.17, 15) is 19.5 Å². The number of aromatic amines is 1. The van der Waals surface area contributed by atoms with E-state index < -0.39 is 35.3 Å². The molecule has 2 aliphatic heterocycles. The molecule has 4 unspecified atom stereocenters. The summed E-state index contributed by atoms with van der Waals surface area (Å²) in [5, 5.41) is 15.3. The molecule has 7 rings (SSSR count). The number of aliphatic carboxylic acids is 1. The van der Waals surface area contributed by atoms with Crippen molar-refractivity contribution in [3.05, 3.63) is 95.7 Å². The van der Waals surface area contributed by atoms with Gasteiger partial charge in [-0.1, -0.05) is 79.9 Å². The normalized spacial score (nSPS) is 25.1. The second kappa shape index (κ2) is 11.7. The lowest BCUT2D eigenvalue weighted by atomic mass is 9.76. The first-order valence-electron chi connectivity index (χ1n) is 15.7. The predicted molar refractivity (Wildman–Crippen MR) is 168 cm³/mol. The number of ether oxygens (including phenoxy) is 2. The fraction of sp³-hybridized carbons (Fsp3) is 0.361. The third kappa shape index (κ3) is 4.86. The van der Waals surface area contributed by atoms with Crippen LogP contribution in [0.5, 0.6) is 11.5 Å². The van der Waals surface area contributed by atoms with Crippen LogP contribution in [0, 0.1) is 11.8 Å². The van der Waals surface area contributed by atoms with Gasteiger partial charge in [0, 0.05) is 41.2 Å². The highest BCUT2D eigenvalue weighted by Gasteiger charge is 2.69. The Balaban J connectivity index is 1.35. The zero-order valence-corrected chi connectivity index (χ0v) is 25.2. The number of amides is 2. The lowest BCUT2D eigenvalue weighted by molar-refractivity contribution is -0.152. The maximum absolute atomic E-state index is 14.4. The van der Waals surface area contributed by atoms with Crippen molar-refractivity contribution in [1.82, 2.24) is 15.2 Å². The molecule has 3 N–H and O–H groups in total. The number of carbonyl (C=O) groups excluding carboxylic acids is 2. The predicted octanol–water partition coefficient (Wildman–Crippen LogP) is 5.40. The maximum atomic E-state index is 14.4. The number of para-hydroxylation sites is 2. The van der Waals surface area contributed by atoms with Crippen molar-refractivity contribution >= 4 is 28.7 Å². The molecule has 1 aromatic heterocycles. The molecule has 0 bridgehead atoms. The molecular weight excluding hydrogens is 570 g/mol. The van der Waals surface area contributed by atoms with E-state index in [1.54, 1.807) is 25.4 Å². The molecule has 3 aromatic carbocycles. The lowest BCUT2D eigenvalue weighted by Crippen LogP contribution is -2.58. The summed E-state index contributed by atoms with van der Waals surface area (Å²) in [4.78, 5) is 47.1. The van der Waals surface area contributed by atoms with Crippen LogP contribution >= 0.6 is 0 Å². The van der Waals surface area contributed by atoms with E-state index in [0.29, 0.717) is 17.1 Å². The van der Waals surface area contributed by atoms with Crippen LogP contribution in [0.3, 0.4) is 0 Å². The number of nitrogens with zero attached hydrogens (tertiary/aromatic N) is 1. The average molecular weight is 608 g/mol. The highest BCUT2D eigenvalue weighted by atomic mass is 16.5. The standard InChI is InChI=1S/C36H37N3O6/c1-44-28-18-10-16-26(32(28)45-21-22-11-4-2-5-12-22)31-29-30(34(41)39(33(29)40)24-13-6-3-7-14-24)36(38-31,35(42)43)19-23-20-37-27-17-9-8-15-25(23)27/h2,4-5,8-12,15-18,20,24,29-31,37-38H,3,6-7,13-14,19,21H2,1H3,(H,42,43). The molecule has 0 radical (unpaired) electrons. The zero-order valence-electron chi connectivity index (χ0n) is 25.2. The van der Waals surface area contributed by atoms with E-state index in [1.165, 1.54) is 4.90 Å². The van der Waals surface area contributed by atoms with E-state index in [0.717, 1.165) is 54.1 Å². The number of carboxylic acids is 1. The SMILES string of the molecule is COc1cccc(C2NC(Cc3c[nH]c4ccccc34)(C(=O)O)C3C(=O)N(C4CCCCC4)C(=O)C23)c1OCc1ccccc1. The highest BCUT2D eigenvalue weighted by molar-refractivity contribution is 6.10. The molecule has 232 valence electrons. The summed E-state index contributed by atoms with van der Waals surface area (Å²) in [5.41, 5.74) is 1.44. The van der Waals surface area contributed by atoms with Gasteiger partial charge in [-0.15, -0.1) is 0 Å². The molecule has 9 nitrogen and oxygen atoms in total. The Hall–Kier alpha value is -4.63. The van der Waals surface area contributed by atoms with Crippen LogP contribution in [0.1, 0.15) is 54.8 Å². The summed E-state index contributed by atoms with van der Waals surface area (Å²) in [5.74, 6) is -3.01. The largest absolute Gasteiger partial charge is 0.493 e. The molecule has 0 spiro atoms. The maximum Gasteiger partial charge on any atom is 0.325 e. The number of likely N-dealkylation sites (tertiary alicyclic amines) is 1. The van der Waals surface area contributed by atoms with Crippen LogP contribution in [0.15, 0.2) is 79.0 Å². The van der Waals surface area contributed by atoms with Crippen LogP contribution < -0.4 is 14.8 Å². The van der Waals surface area contributed by atoms with E-state index in [4.69, 9.17) is 9.47 Å². The number of carboxylic acid groups (broad SMARTS) is 1. The van der Waals surface area contributed by atoms with Gasteiger partial charge >= 0.3 is 5.97 Å². The Morgan fingerprint density at radius 2 is 1.71 bits per heavy atom. The van der Waals surface area contributed by atoms with Gasteiger partial charge in [0.25, 0.3) is 0 Å². The van der Waals surface area contributed by atoms with E-state index in [2.05, 4.69) is 10.3 Å². The molecule has 2 amide bonds. The number of carbonyl (C=O) groups is 3. The van der Waals surface area contributed by atoms with Gasteiger partial charge in [-0.05, 0) is 36.1 Å². The van der Waals surface area contributed by atoms with Gasteiger partial charge in [0.15, 0.2) is 11.5 Å². The smallest absolute Gasteiger partial charge is 0.325 e. The van der Waals surface area contributed by atoms with Gasteiger partial charge in [0.1, 0.15) is 12.1 Å². The molecule has 3 aliphatic rings. The number of fused-ring (bicyclic) bond motifs is 2. The Bertz CT molecular complexity index is 1750. The molecule has 3 fully saturated rings. The molecule has 4 atom stereocenters. The third-order valence-electron chi connectivity index (χ3n) is 9.94. The quantitative estimate of drug-likeness (QED) is 0.218. The lowest BCUT2D eigenvalue weighted by Gasteiger charge is -2.34. The molecule has 3 heterocycles. The van der Waals surface area contributed by atoms with Gasteiger partial charge in [-0.2, -0.15) is 0 Å². The minimum Gasteiger partial charge on any atom is -0.493 e. The monoisotopic (exact) mass is 607 g/mol. The average Bonchev–Trinajstić information content (AvgIpc) is 3.72. The van der Waals surface area contributed by atoms with Crippen molar-refractivity contribution in [3.8, 4) is 11.5 Å². The first-order chi connectivity index (χ1) is 21.9. The van der Waals surface area contributed by atoms with Gasteiger partial charge in [-0.3, -0.25) is 24.6 Å². The van der Waals surface area contributed by atoms with E-state index >= 15 is 0 Å². The molecule has 2 saturated heterocycles. The molecule has 1 aliphatic carbocycles. The van der Waals surface area contributed by atoms with Gasteiger partial charge in [0.05, 0.1) is 18.9 Å². The summed E-state index contributed by atoms with van der Waals surface area (Å²) >= 11 is 0. The number of imide groups is 1. The van der Waals surface area contributed by atoms with Crippen molar-refractivity contribution < 1.29 is 29.0 Å². The molecule has 45 heavy (non-hydrogen) atoms. The van der Waals surface area contributed by atoms with Crippen molar-refractivity contribution in [3.63, 3.8) is 0 Å². The molecule has 1 saturated carbocycles. The van der Waals surface area contributed by atoms with Crippen molar-refractivity contribution in [1.29, 1.82) is 0 Å². The van der Waals surface area contributed by atoms with Crippen LogP contribution in [-0.2, 0) is 27.4 Å². The van der Waals surface area contributed by atoms with Crippen molar-refractivity contribution in [2.45, 2.75) is 62.8 Å². The van der Waals surface area contributed by atoms with Crippen LogP contribution in [0.2, 0.25) is 0 Å². The van der Waals surface area contributed by atoms with Crippen molar-refractivity contribution in [2.75, 3.05) is 7.11 Å². The fourth-order valence-electron chi connectivity index (χ4n) is 7.83. The zero-order chi connectivity index (χ0) is 31.1. The van der Waals surface area contributed by atoms with Gasteiger partial charge in [0.2, 0.25) is 11.8 Å². The van der Waals surface area contributed by atoms with Crippen LogP contribution in [0.4, 0.5) is 0 Å². The Labute approximate surface area is 261 Å². The minimum absolute atomic E-state index is 0.0196. The van der Waals surface area contributed by atoms with Crippen molar-refractivity contribution in [2.24, 2.45) is 11.8 Å². The Kier molecular flexibility index (Phi) is 7.57. The summed E-state index contributed by atoms with van der Waals surface area (Å²) in [6, 6.07) is 21.8. The molecule has 4 aromatic rings. The number of aromatic nitrogens is 1. The first-order valence-corrected chi connectivity index (χ1v) is 15.7. The minimum atomic E-state index is -1.74. The number of nitrogens with one attached hydrogen (secondary N) is 2. The van der Waals surface area contributed by atoms with Gasteiger partial charge in [-0.25, -0.2) is 0 Å². The number of benzene rings is 3. The van der Waals surface area contributed by atoms with Crippen LogP contribution in [-0.4, -0.2) is 51.5 Å². The summed E-state index contributed by atoms with van der Waals surface area (Å²) < 4.78 is 12.1. The molecule has 9 heteroatoms. The fourth-order valence-corrected chi connectivity index (χ4v) is 7.83. The second-order valence-electron chi connectivity index (χ2n) is 12.4. The number of hydrogen-bond acceptors (Lipinski definition) is 6. The topological polar surface area (TPSA) is 121 Å². The second-order valence-corrected chi connectivity index (χ2v) is 12.4. The van der Waals surface area contributed by atoms with E-state index in [1.807, 2.05) is 60.7 Å². The van der Waals surface area contributed by atoms with Gasteiger partial charge < -0.3 is 19.6 Å². The Morgan fingerprint density at radius 1 is 0.956 bits per heavy atom. The number of H-pyrrole nitrogens is 1. The van der Waals surface area contributed by atoms with Crippen LogP contribution in [0.25, 0.3) is 10.9 Å². The molecular formula is C36H37N3O6. The number of methoxy groups -OCH3 is 1. The summed E-state index contributed by atoms with van der Waals surface area (Å²) in [6.45, 7) is 0.246. The Morgan fingerprint density at radius 3 is 2.47 bits per heavy atom. The summed E-state index contributed by atoms with van der Waals surface area (Å²) in [7, 11) is 1.55. The number of hydrogen-bond donors (Lipinski definition) is 3. The number of rotatable bonds is 9. The highest BCUT2D eigenvalue weighted by Crippen LogP contribution is 2.53. The first kappa shape index (κ1) is 29.1. The van der Waals surface area contributed by atoms with E-state index in [-0.39, 0.29) is 25.0 Å². The summed E-state index contributed by atoms with van der Waals surface area (Å²) in [6.07, 6.45) is 6.24. The third-order valence-corrected chi connectivity index (χ3v) is 9.94.